The van der Waals surface area contributed by atoms with Gasteiger partial charge in [0.2, 0.25) is 0 Å². The third-order valence-electron chi connectivity index (χ3n) is 2.08. The minimum atomic E-state index is -0.911. The molecule has 98 valence electrons. The van der Waals surface area contributed by atoms with Crippen LogP contribution in [0.2, 0.25) is 0 Å². The number of carbonyl (C=O) groups excluding carboxylic acids is 2. The second kappa shape index (κ2) is 7.81. The van der Waals surface area contributed by atoms with E-state index in [4.69, 9.17) is 14.9 Å². The zero-order valence-electron chi connectivity index (χ0n) is 10.9. The minimum absolute atomic E-state index is 0.0241. The van der Waals surface area contributed by atoms with Crippen LogP contribution in [-0.4, -0.2) is 30.4 Å². The molecule has 5 heteroatoms. The van der Waals surface area contributed by atoms with Crippen LogP contribution in [0.3, 0.4) is 0 Å². The Bertz CT molecular complexity index is 286. The number of ketones is 1. The molecule has 0 rings (SSSR count). The SMILES string of the molecule is CCOC(=O)C(CC(=N)OC(C)C)C(=O)CC. The molecular formula is C12H21NO4. The van der Waals surface area contributed by atoms with Gasteiger partial charge in [-0.15, -0.1) is 0 Å². The van der Waals surface area contributed by atoms with Crippen molar-refractivity contribution in [2.45, 2.75) is 46.6 Å². The standard InChI is InChI=1S/C12H21NO4/c1-5-10(14)9(12(15)16-6-2)7-11(13)17-8(3)4/h8-9,13H,5-7H2,1-4H3. The van der Waals surface area contributed by atoms with Crippen molar-refractivity contribution in [1.82, 2.24) is 0 Å². The highest BCUT2D eigenvalue weighted by molar-refractivity contribution is 6.01. The molecule has 0 radical (unpaired) electrons. The highest BCUT2D eigenvalue weighted by Crippen LogP contribution is 2.12. The number of nitrogens with one attached hydrogen (secondary N) is 1. The fourth-order valence-electron chi connectivity index (χ4n) is 1.34. The van der Waals surface area contributed by atoms with Crippen molar-refractivity contribution >= 4 is 17.7 Å². The van der Waals surface area contributed by atoms with E-state index in [0.29, 0.717) is 0 Å². The predicted octanol–water partition coefficient (Wildman–Crippen LogP) is 1.94. The molecule has 0 amide bonds. The lowest BCUT2D eigenvalue weighted by Crippen LogP contribution is -2.29. The van der Waals surface area contributed by atoms with Crippen molar-refractivity contribution in [2.75, 3.05) is 6.61 Å². The molecule has 0 saturated heterocycles. The van der Waals surface area contributed by atoms with Crippen LogP contribution < -0.4 is 0 Å². The van der Waals surface area contributed by atoms with Crippen LogP contribution >= 0.6 is 0 Å². The lowest BCUT2D eigenvalue weighted by atomic mass is 9.98. The Hall–Kier alpha value is -1.39. The normalized spacial score (nSPS) is 12.1. The summed E-state index contributed by atoms with van der Waals surface area (Å²) in [6.07, 6.45) is 0.0874. The fraction of sp³-hybridized carbons (Fsp3) is 0.750. The van der Waals surface area contributed by atoms with Gasteiger partial charge in [0.1, 0.15) is 11.7 Å². The minimum Gasteiger partial charge on any atom is -0.478 e. The first-order valence-corrected chi connectivity index (χ1v) is 5.85. The first kappa shape index (κ1) is 15.6. The van der Waals surface area contributed by atoms with E-state index in [1.807, 2.05) is 0 Å². The largest absolute Gasteiger partial charge is 0.478 e. The van der Waals surface area contributed by atoms with Gasteiger partial charge in [0.05, 0.1) is 12.7 Å². The maximum Gasteiger partial charge on any atom is 0.316 e. The van der Waals surface area contributed by atoms with Gasteiger partial charge in [-0.1, -0.05) is 6.92 Å². The summed E-state index contributed by atoms with van der Waals surface area (Å²) in [6, 6.07) is 0. The number of hydrogen-bond acceptors (Lipinski definition) is 5. The van der Waals surface area contributed by atoms with E-state index in [0.717, 1.165) is 0 Å². The maximum atomic E-state index is 11.6. The van der Waals surface area contributed by atoms with Gasteiger partial charge in [-0.05, 0) is 20.8 Å². The summed E-state index contributed by atoms with van der Waals surface area (Å²) < 4.78 is 9.95. The van der Waals surface area contributed by atoms with Crippen molar-refractivity contribution in [3.8, 4) is 0 Å². The van der Waals surface area contributed by atoms with Gasteiger partial charge in [0.15, 0.2) is 5.90 Å². The molecule has 0 saturated carbocycles. The van der Waals surface area contributed by atoms with E-state index in [1.165, 1.54) is 0 Å². The van der Waals surface area contributed by atoms with Crippen molar-refractivity contribution in [1.29, 1.82) is 5.41 Å². The molecule has 0 aliphatic rings. The average Bonchev–Trinajstić information content (AvgIpc) is 2.24. The highest BCUT2D eigenvalue weighted by Gasteiger charge is 2.28. The quantitative estimate of drug-likeness (QED) is 0.321. The third-order valence-corrected chi connectivity index (χ3v) is 2.08. The lowest BCUT2D eigenvalue weighted by Gasteiger charge is -2.16. The second-order valence-corrected chi connectivity index (χ2v) is 3.92. The van der Waals surface area contributed by atoms with Crippen molar-refractivity contribution in [3.63, 3.8) is 0 Å². The van der Waals surface area contributed by atoms with Gasteiger partial charge in [-0.25, -0.2) is 0 Å². The average molecular weight is 243 g/mol. The van der Waals surface area contributed by atoms with Crippen LogP contribution in [0.4, 0.5) is 0 Å². The van der Waals surface area contributed by atoms with E-state index in [-0.39, 0.29) is 37.2 Å². The second-order valence-electron chi connectivity index (χ2n) is 3.92. The molecule has 0 bridgehead atoms. The topological polar surface area (TPSA) is 76.5 Å². The van der Waals surface area contributed by atoms with Crippen LogP contribution in [0, 0.1) is 11.3 Å². The molecule has 0 aromatic carbocycles. The van der Waals surface area contributed by atoms with Gasteiger partial charge >= 0.3 is 5.97 Å². The van der Waals surface area contributed by atoms with Gasteiger partial charge in [-0.3, -0.25) is 15.0 Å². The van der Waals surface area contributed by atoms with Crippen LogP contribution in [0.1, 0.15) is 40.5 Å². The molecule has 0 aromatic heterocycles. The number of hydrogen-bond donors (Lipinski definition) is 1. The Morgan fingerprint density at radius 3 is 2.24 bits per heavy atom. The number of esters is 1. The molecule has 1 atom stereocenters. The Labute approximate surface area is 102 Å². The summed E-state index contributed by atoms with van der Waals surface area (Å²) in [5, 5.41) is 7.56. The number of carbonyl (C=O) groups is 2. The molecule has 0 heterocycles. The van der Waals surface area contributed by atoms with E-state index in [9.17, 15) is 9.59 Å². The Balaban J connectivity index is 4.54. The zero-order chi connectivity index (χ0) is 13.4. The highest BCUT2D eigenvalue weighted by atomic mass is 16.5. The predicted molar refractivity (Wildman–Crippen MR) is 64.0 cm³/mol. The summed E-state index contributed by atoms with van der Waals surface area (Å²) in [5.74, 6) is -1.76. The molecule has 0 aromatic rings. The Morgan fingerprint density at radius 1 is 1.24 bits per heavy atom. The van der Waals surface area contributed by atoms with Crippen LogP contribution in [0.25, 0.3) is 0 Å². The summed E-state index contributed by atoms with van der Waals surface area (Å²) in [7, 11) is 0. The van der Waals surface area contributed by atoms with Crippen molar-refractivity contribution in [3.05, 3.63) is 0 Å². The Kier molecular flexibility index (Phi) is 7.18. The molecular weight excluding hydrogens is 222 g/mol. The molecule has 0 aliphatic carbocycles. The summed E-state index contributed by atoms with van der Waals surface area (Å²) in [6.45, 7) is 7.17. The zero-order valence-corrected chi connectivity index (χ0v) is 10.9. The molecule has 17 heavy (non-hydrogen) atoms. The lowest BCUT2D eigenvalue weighted by molar-refractivity contribution is -0.151. The van der Waals surface area contributed by atoms with Gasteiger partial charge in [-0.2, -0.15) is 0 Å². The van der Waals surface area contributed by atoms with Gasteiger partial charge in [0.25, 0.3) is 0 Å². The van der Waals surface area contributed by atoms with Crippen molar-refractivity contribution in [2.24, 2.45) is 5.92 Å². The first-order valence-electron chi connectivity index (χ1n) is 5.85. The Morgan fingerprint density at radius 2 is 1.82 bits per heavy atom. The third kappa shape index (κ3) is 6.04. The van der Waals surface area contributed by atoms with Crippen LogP contribution in [0.5, 0.6) is 0 Å². The summed E-state index contributed by atoms with van der Waals surface area (Å²) in [4.78, 5) is 23.2. The van der Waals surface area contributed by atoms with Crippen LogP contribution in [-0.2, 0) is 19.1 Å². The molecule has 0 aliphatic heterocycles. The molecule has 1 unspecified atom stereocenters. The van der Waals surface area contributed by atoms with E-state index in [1.54, 1.807) is 27.7 Å². The number of rotatable bonds is 7. The van der Waals surface area contributed by atoms with Crippen LogP contribution in [0.15, 0.2) is 0 Å². The number of Topliss-reactive ketones (excluding diaryl/α,β-unsaturated/α-hetero) is 1. The van der Waals surface area contributed by atoms with E-state index >= 15 is 0 Å². The van der Waals surface area contributed by atoms with Gasteiger partial charge < -0.3 is 9.47 Å². The monoisotopic (exact) mass is 243 g/mol. The van der Waals surface area contributed by atoms with E-state index in [2.05, 4.69) is 0 Å². The van der Waals surface area contributed by atoms with E-state index < -0.39 is 11.9 Å². The van der Waals surface area contributed by atoms with Gasteiger partial charge in [0, 0.05) is 12.8 Å². The summed E-state index contributed by atoms with van der Waals surface area (Å²) in [5.41, 5.74) is 0. The van der Waals surface area contributed by atoms with Crippen molar-refractivity contribution < 1.29 is 19.1 Å². The molecule has 0 spiro atoms. The molecule has 0 fully saturated rings. The first-order chi connectivity index (χ1) is 7.92. The molecule has 5 nitrogen and oxygen atoms in total. The number of ether oxygens (including phenoxy) is 2. The fourth-order valence-corrected chi connectivity index (χ4v) is 1.34. The molecule has 1 N–H and O–H groups in total. The smallest absolute Gasteiger partial charge is 0.316 e. The summed E-state index contributed by atoms with van der Waals surface area (Å²) >= 11 is 0. The maximum absolute atomic E-state index is 11.6.